The zero-order chi connectivity index (χ0) is 18.2. The summed E-state index contributed by atoms with van der Waals surface area (Å²) in [7, 11) is 0. The zero-order valence-electron chi connectivity index (χ0n) is 15.7. The fourth-order valence-corrected chi connectivity index (χ4v) is 1.68. The van der Waals surface area contributed by atoms with Crippen LogP contribution in [0.3, 0.4) is 0 Å². The van der Waals surface area contributed by atoms with Gasteiger partial charge in [0.1, 0.15) is 11.6 Å². The summed E-state index contributed by atoms with van der Waals surface area (Å²) in [4.78, 5) is 22.7. The summed E-state index contributed by atoms with van der Waals surface area (Å²) in [6, 6.07) is 0. The molecule has 0 radical (unpaired) electrons. The molecule has 0 unspecified atom stereocenters. The lowest BCUT2D eigenvalue weighted by atomic mass is 10.1. The summed E-state index contributed by atoms with van der Waals surface area (Å²) in [6.45, 7) is 11.4. The monoisotopic (exact) mass is 346 g/mol. The molecule has 0 aromatic carbocycles. The second kappa shape index (κ2) is 15.7. The Morgan fingerprint density at radius 1 is 0.542 bits per heavy atom. The number of Topliss-reactive ketones (excluding diaryl/α,β-unsaturated/α-hetero) is 2. The van der Waals surface area contributed by atoms with Crippen LogP contribution in [0.4, 0.5) is 0 Å². The number of hydrogen-bond acceptors (Lipinski definition) is 6. The third-order valence-corrected chi connectivity index (χ3v) is 3.39. The molecule has 0 amide bonds. The molecule has 0 bridgehead atoms. The van der Waals surface area contributed by atoms with Crippen molar-refractivity contribution in [2.45, 2.75) is 40.5 Å². The van der Waals surface area contributed by atoms with E-state index in [4.69, 9.17) is 18.9 Å². The quantitative estimate of drug-likeness (QED) is 0.376. The lowest BCUT2D eigenvalue weighted by molar-refractivity contribution is -0.124. The van der Waals surface area contributed by atoms with Crippen molar-refractivity contribution in [2.75, 3.05) is 52.9 Å². The molecule has 0 saturated heterocycles. The number of ether oxygens (including phenoxy) is 4. The number of hydrogen-bond donors (Lipinski definition) is 0. The molecule has 0 aliphatic carbocycles. The molecule has 0 heterocycles. The molecule has 0 saturated carbocycles. The van der Waals surface area contributed by atoms with Crippen molar-refractivity contribution in [3.63, 3.8) is 0 Å². The van der Waals surface area contributed by atoms with E-state index >= 15 is 0 Å². The van der Waals surface area contributed by atoms with Crippen LogP contribution in [-0.4, -0.2) is 64.4 Å². The van der Waals surface area contributed by atoms with Gasteiger partial charge >= 0.3 is 0 Å². The summed E-state index contributed by atoms with van der Waals surface area (Å²) in [5.41, 5.74) is 0. The Labute approximate surface area is 146 Å². The lowest BCUT2D eigenvalue weighted by Crippen LogP contribution is -2.15. The van der Waals surface area contributed by atoms with Gasteiger partial charge in [-0.3, -0.25) is 9.59 Å². The molecule has 0 aromatic heterocycles. The first-order valence-corrected chi connectivity index (χ1v) is 8.81. The maximum absolute atomic E-state index is 11.4. The van der Waals surface area contributed by atoms with E-state index in [2.05, 4.69) is 0 Å². The van der Waals surface area contributed by atoms with E-state index in [1.54, 1.807) is 0 Å². The second-order valence-corrected chi connectivity index (χ2v) is 6.19. The van der Waals surface area contributed by atoms with Crippen molar-refractivity contribution < 1.29 is 28.5 Å². The first kappa shape index (κ1) is 23.2. The molecular formula is C18H34O6. The summed E-state index contributed by atoms with van der Waals surface area (Å²) < 4.78 is 21.4. The van der Waals surface area contributed by atoms with E-state index in [0.717, 1.165) is 0 Å². The summed E-state index contributed by atoms with van der Waals surface area (Å²) in [6.07, 6.45) is 0.924. The smallest absolute Gasteiger partial charge is 0.137 e. The Kier molecular flexibility index (Phi) is 15.2. The van der Waals surface area contributed by atoms with Crippen molar-refractivity contribution in [3.8, 4) is 0 Å². The zero-order valence-corrected chi connectivity index (χ0v) is 15.7. The van der Waals surface area contributed by atoms with Crippen LogP contribution >= 0.6 is 0 Å². The minimum absolute atomic E-state index is 0.0710. The van der Waals surface area contributed by atoms with E-state index in [9.17, 15) is 9.59 Å². The van der Waals surface area contributed by atoms with E-state index in [1.807, 2.05) is 27.7 Å². The lowest BCUT2D eigenvalue weighted by Gasteiger charge is -2.08. The normalized spacial score (nSPS) is 11.4. The highest BCUT2D eigenvalue weighted by atomic mass is 16.6. The number of carbonyl (C=O) groups excluding carboxylic acids is 2. The molecule has 142 valence electrons. The van der Waals surface area contributed by atoms with Crippen LogP contribution in [0.1, 0.15) is 40.5 Å². The second-order valence-electron chi connectivity index (χ2n) is 6.19. The Morgan fingerprint density at radius 3 is 1.04 bits per heavy atom. The van der Waals surface area contributed by atoms with Crippen LogP contribution in [0.15, 0.2) is 0 Å². The topological polar surface area (TPSA) is 71.1 Å². The number of ketones is 2. The van der Waals surface area contributed by atoms with Gasteiger partial charge in [-0.1, -0.05) is 27.7 Å². The highest BCUT2D eigenvalue weighted by Crippen LogP contribution is 1.99. The van der Waals surface area contributed by atoms with Crippen LogP contribution < -0.4 is 0 Å². The molecule has 0 N–H and O–H groups in total. The Balaban J connectivity index is 3.15. The largest absolute Gasteiger partial charge is 0.379 e. The first-order valence-electron chi connectivity index (χ1n) is 8.81. The van der Waals surface area contributed by atoms with Crippen molar-refractivity contribution in [3.05, 3.63) is 0 Å². The fourth-order valence-electron chi connectivity index (χ4n) is 1.68. The molecule has 0 rings (SSSR count). The average Bonchev–Trinajstić information content (AvgIpc) is 2.54. The highest BCUT2D eigenvalue weighted by molar-refractivity contribution is 5.80. The van der Waals surface area contributed by atoms with E-state index in [-0.39, 0.29) is 23.4 Å². The van der Waals surface area contributed by atoms with Crippen molar-refractivity contribution in [2.24, 2.45) is 11.8 Å². The predicted octanol–water partition coefficient (Wildman–Crippen LogP) is 2.28. The SMILES string of the molecule is CC(C)C(=O)CCOCCOCCOCCOCCC(=O)C(C)C. The average molecular weight is 346 g/mol. The van der Waals surface area contributed by atoms with Crippen LogP contribution in [0.25, 0.3) is 0 Å². The van der Waals surface area contributed by atoms with Crippen molar-refractivity contribution in [1.29, 1.82) is 0 Å². The molecule has 6 nitrogen and oxygen atoms in total. The molecule has 0 fully saturated rings. The van der Waals surface area contributed by atoms with E-state index in [0.29, 0.717) is 65.7 Å². The molecule has 0 aromatic rings. The molecule has 0 aliphatic rings. The van der Waals surface area contributed by atoms with Gasteiger partial charge in [-0.25, -0.2) is 0 Å². The maximum Gasteiger partial charge on any atom is 0.137 e. The van der Waals surface area contributed by atoms with Crippen LogP contribution in [0, 0.1) is 11.8 Å². The van der Waals surface area contributed by atoms with Crippen LogP contribution in [-0.2, 0) is 28.5 Å². The van der Waals surface area contributed by atoms with Gasteiger partial charge in [0.2, 0.25) is 0 Å². The summed E-state index contributed by atoms with van der Waals surface area (Å²) in [5, 5.41) is 0. The Bertz CT molecular complexity index is 295. The predicted molar refractivity (Wildman–Crippen MR) is 92.2 cm³/mol. The van der Waals surface area contributed by atoms with Gasteiger partial charge in [-0.15, -0.1) is 0 Å². The van der Waals surface area contributed by atoms with Gasteiger partial charge < -0.3 is 18.9 Å². The van der Waals surface area contributed by atoms with Gasteiger partial charge in [0.05, 0.1) is 52.9 Å². The summed E-state index contributed by atoms with van der Waals surface area (Å²) >= 11 is 0. The Hall–Kier alpha value is -0.820. The minimum atomic E-state index is 0.0710. The van der Waals surface area contributed by atoms with Gasteiger partial charge in [-0.2, -0.15) is 0 Å². The van der Waals surface area contributed by atoms with E-state index < -0.39 is 0 Å². The molecule has 0 aliphatic heterocycles. The van der Waals surface area contributed by atoms with Crippen LogP contribution in [0.5, 0.6) is 0 Å². The van der Waals surface area contributed by atoms with Gasteiger partial charge in [-0.05, 0) is 0 Å². The van der Waals surface area contributed by atoms with Gasteiger partial charge in [0.25, 0.3) is 0 Å². The van der Waals surface area contributed by atoms with Crippen molar-refractivity contribution >= 4 is 11.6 Å². The highest BCUT2D eigenvalue weighted by Gasteiger charge is 2.06. The molecule has 0 spiro atoms. The van der Waals surface area contributed by atoms with Crippen molar-refractivity contribution in [1.82, 2.24) is 0 Å². The Morgan fingerprint density at radius 2 is 0.792 bits per heavy atom. The standard InChI is InChI=1S/C18H34O6/c1-15(2)17(19)5-7-21-9-11-23-13-14-24-12-10-22-8-6-18(20)16(3)4/h15-16H,5-14H2,1-4H3. The molecule has 6 heteroatoms. The molecule has 24 heavy (non-hydrogen) atoms. The van der Waals surface area contributed by atoms with E-state index in [1.165, 1.54) is 0 Å². The van der Waals surface area contributed by atoms with Gasteiger partial charge in [0, 0.05) is 24.7 Å². The number of rotatable bonds is 17. The first-order chi connectivity index (χ1) is 11.4. The van der Waals surface area contributed by atoms with Gasteiger partial charge in [0.15, 0.2) is 0 Å². The molecular weight excluding hydrogens is 312 g/mol. The number of carbonyl (C=O) groups is 2. The molecule has 0 atom stereocenters. The van der Waals surface area contributed by atoms with Crippen LogP contribution in [0.2, 0.25) is 0 Å². The maximum atomic E-state index is 11.4. The third kappa shape index (κ3) is 14.8. The third-order valence-electron chi connectivity index (χ3n) is 3.39. The fraction of sp³-hybridized carbons (Fsp3) is 0.889. The minimum Gasteiger partial charge on any atom is -0.379 e. The summed E-state index contributed by atoms with van der Waals surface area (Å²) in [5.74, 6) is 0.587.